The molecule has 0 spiro atoms. The molecule has 0 fully saturated rings. The Labute approximate surface area is 221 Å². The number of aryl methyl sites for hydroxylation is 1. The summed E-state index contributed by atoms with van der Waals surface area (Å²) in [5, 5.41) is 2.73. The van der Waals surface area contributed by atoms with Gasteiger partial charge in [0.2, 0.25) is 11.8 Å². The highest BCUT2D eigenvalue weighted by molar-refractivity contribution is 7.52. The average molecular weight is 545 g/mol. The summed E-state index contributed by atoms with van der Waals surface area (Å²) in [6.45, 7) is 6.96. The fourth-order valence-electron chi connectivity index (χ4n) is 4.07. The summed E-state index contributed by atoms with van der Waals surface area (Å²) < 4.78 is 38.0. The van der Waals surface area contributed by atoms with Gasteiger partial charge >= 0.3 is 13.7 Å². The highest BCUT2D eigenvalue weighted by Crippen LogP contribution is 2.47. The Morgan fingerprint density at radius 2 is 2.00 bits per heavy atom. The van der Waals surface area contributed by atoms with E-state index >= 15 is 0 Å². The van der Waals surface area contributed by atoms with Crippen molar-refractivity contribution >= 4 is 30.8 Å². The fourth-order valence-corrected chi connectivity index (χ4v) is 5.68. The van der Waals surface area contributed by atoms with Crippen molar-refractivity contribution in [3.8, 4) is 11.6 Å². The Morgan fingerprint density at radius 1 is 1.24 bits per heavy atom. The summed E-state index contributed by atoms with van der Waals surface area (Å²) in [5.74, 6) is 0.138. The maximum atomic E-state index is 13.8. The number of rotatable bonds is 11. The summed E-state index contributed by atoms with van der Waals surface area (Å²) in [6, 6.07) is 6.15. The molecule has 1 aliphatic carbocycles. The first-order valence-corrected chi connectivity index (χ1v) is 13.8. The molecule has 0 saturated carbocycles. The molecule has 0 aliphatic heterocycles. The van der Waals surface area contributed by atoms with Crippen LogP contribution in [-0.4, -0.2) is 51.4 Å². The third-order valence-corrected chi connectivity index (χ3v) is 7.56. The first kappa shape index (κ1) is 27.6. The number of hydrogen-bond acceptors (Lipinski definition) is 10. The number of allylic oxidation sites excluding steroid dienone is 1. The molecule has 0 bridgehead atoms. The van der Waals surface area contributed by atoms with Gasteiger partial charge < -0.3 is 24.3 Å². The van der Waals surface area contributed by atoms with E-state index in [4.69, 9.17) is 24.3 Å². The zero-order chi connectivity index (χ0) is 27.4. The lowest BCUT2D eigenvalue weighted by atomic mass is 10.1. The Hall–Kier alpha value is -3.47. The fraction of sp³-hybridized carbons (Fsp3) is 0.440. The third-order valence-electron chi connectivity index (χ3n) is 5.93. The van der Waals surface area contributed by atoms with Gasteiger partial charge in [-0.1, -0.05) is 30.4 Å². The molecule has 4 rings (SSSR count). The lowest BCUT2D eigenvalue weighted by Gasteiger charge is -2.25. The Bertz CT molecular complexity index is 1380. The van der Waals surface area contributed by atoms with Crippen LogP contribution in [0.3, 0.4) is 0 Å². The molecule has 38 heavy (non-hydrogen) atoms. The smallest absolute Gasteiger partial charge is 0.459 e. The molecule has 0 saturated heterocycles. The summed E-state index contributed by atoms with van der Waals surface area (Å²) in [4.78, 5) is 25.2. The van der Waals surface area contributed by atoms with E-state index in [-0.39, 0.29) is 30.6 Å². The number of ether oxygens (including phenoxy) is 2. The number of benzene rings is 1. The number of anilines is 1. The first-order chi connectivity index (χ1) is 18.1. The van der Waals surface area contributed by atoms with Crippen molar-refractivity contribution in [2.45, 2.75) is 52.3 Å². The van der Waals surface area contributed by atoms with Crippen molar-refractivity contribution in [3.63, 3.8) is 0 Å². The number of methoxy groups -OCH3 is 1. The van der Waals surface area contributed by atoms with Gasteiger partial charge in [0.05, 0.1) is 32.2 Å². The zero-order valence-electron chi connectivity index (χ0n) is 22.0. The minimum absolute atomic E-state index is 0.0855. The topological polar surface area (TPSA) is 153 Å². The van der Waals surface area contributed by atoms with Gasteiger partial charge in [-0.05, 0) is 45.7 Å². The Morgan fingerprint density at radius 3 is 2.71 bits per heavy atom. The van der Waals surface area contributed by atoms with E-state index in [9.17, 15) is 9.36 Å². The van der Waals surface area contributed by atoms with Crippen LogP contribution in [0.1, 0.15) is 38.8 Å². The number of hydrogen-bond donors (Lipinski definition) is 2. The van der Waals surface area contributed by atoms with Crippen LogP contribution in [0.4, 0.5) is 5.95 Å². The first-order valence-electron chi connectivity index (χ1n) is 12.3. The normalized spacial score (nSPS) is 19.4. The number of para-hydroxylation sites is 1. The number of nitrogen functional groups attached to an aromatic ring is 1. The van der Waals surface area contributed by atoms with Crippen LogP contribution >= 0.6 is 7.75 Å². The predicted molar refractivity (Wildman–Crippen MR) is 142 cm³/mol. The molecule has 1 unspecified atom stereocenters. The van der Waals surface area contributed by atoms with Crippen molar-refractivity contribution in [2.24, 2.45) is 5.92 Å². The van der Waals surface area contributed by atoms with E-state index in [2.05, 4.69) is 20.0 Å². The molecule has 0 radical (unpaired) electrons. The second kappa shape index (κ2) is 11.5. The molecule has 2 aromatic heterocycles. The maximum Gasteiger partial charge on any atom is 0.459 e. The molecule has 13 heteroatoms. The summed E-state index contributed by atoms with van der Waals surface area (Å²) in [7, 11) is -2.47. The number of imidazole rings is 1. The quantitative estimate of drug-likeness (QED) is 0.205. The van der Waals surface area contributed by atoms with Gasteiger partial charge in [-0.15, -0.1) is 0 Å². The average Bonchev–Trinajstić information content (AvgIpc) is 3.50. The SMILES string of the molecule is COc1nc(N)nc2c1ncn2[C@H]1C=C[C@@H](COP(=O)(N[C@@H](C)C(=O)OC(C)C)Oc2ccccc2C)C1. The molecule has 1 aromatic carbocycles. The molecule has 2 heterocycles. The van der Waals surface area contributed by atoms with Gasteiger partial charge in [0.15, 0.2) is 11.2 Å². The molecule has 3 aromatic rings. The lowest BCUT2D eigenvalue weighted by Crippen LogP contribution is -2.36. The number of nitrogens with zero attached hydrogens (tertiary/aromatic N) is 4. The number of aromatic nitrogens is 4. The largest absolute Gasteiger partial charge is 0.479 e. The van der Waals surface area contributed by atoms with Crippen LogP contribution < -0.4 is 20.1 Å². The van der Waals surface area contributed by atoms with Crippen LogP contribution in [0.15, 0.2) is 42.7 Å². The highest BCUT2D eigenvalue weighted by atomic mass is 31.2. The number of esters is 1. The van der Waals surface area contributed by atoms with Gasteiger partial charge in [0, 0.05) is 5.92 Å². The number of fused-ring (bicyclic) bond motifs is 1. The molecule has 1 aliphatic rings. The molecular formula is C25H33N6O6P. The van der Waals surface area contributed by atoms with Crippen molar-refractivity contribution in [1.29, 1.82) is 0 Å². The monoisotopic (exact) mass is 544 g/mol. The van der Waals surface area contributed by atoms with Crippen LogP contribution in [0.5, 0.6) is 11.6 Å². The summed E-state index contributed by atoms with van der Waals surface area (Å²) in [6.07, 6.45) is 5.96. The van der Waals surface area contributed by atoms with Crippen molar-refractivity contribution in [1.82, 2.24) is 24.6 Å². The molecule has 3 N–H and O–H groups in total. The molecule has 204 valence electrons. The Balaban J connectivity index is 1.47. The van der Waals surface area contributed by atoms with Crippen LogP contribution in [0.25, 0.3) is 11.2 Å². The second-order valence-electron chi connectivity index (χ2n) is 9.35. The molecular weight excluding hydrogens is 511 g/mol. The van der Waals surface area contributed by atoms with Gasteiger partial charge in [-0.25, -0.2) is 9.55 Å². The van der Waals surface area contributed by atoms with Crippen molar-refractivity contribution in [2.75, 3.05) is 19.5 Å². The van der Waals surface area contributed by atoms with E-state index in [0.717, 1.165) is 5.56 Å². The van der Waals surface area contributed by atoms with Crippen LogP contribution in [0.2, 0.25) is 0 Å². The van der Waals surface area contributed by atoms with Crippen LogP contribution in [-0.2, 0) is 18.6 Å². The molecule has 0 amide bonds. The van der Waals surface area contributed by atoms with E-state index in [1.54, 1.807) is 39.2 Å². The van der Waals surface area contributed by atoms with E-state index < -0.39 is 19.8 Å². The second-order valence-corrected chi connectivity index (χ2v) is 11.0. The van der Waals surface area contributed by atoms with Gasteiger partial charge in [-0.2, -0.15) is 15.1 Å². The maximum absolute atomic E-state index is 13.8. The van der Waals surface area contributed by atoms with Gasteiger partial charge in [0.25, 0.3) is 0 Å². The highest BCUT2D eigenvalue weighted by Gasteiger charge is 2.34. The van der Waals surface area contributed by atoms with E-state index in [0.29, 0.717) is 29.2 Å². The summed E-state index contributed by atoms with van der Waals surface area (Å²) >= 11 is 0. The van der Waals surface area contributed by atoms with Crippen LogP contribution in [0, 0.1) is 12.8 Å². The summed E-state index contributed by atoms with van der Waals surface area (Å²) in [5.41, 5.74) is 7.69. The standard InChI is InChI=1S/C25H33N6O6P/c1-15(2)36-24(32)17(4)30-38(33,37-20-9-7-6-8-16(20)3)35-13-18-10-11-19(12-18)31-14-27-21-22(31)28-25(26)29-23(21)34-5/h6-11,14-15,17-19H,12-13H2,1-5H3,(H,30,33)(H2,26,28,29)/t17-,18+,19-,38?/m0/s1. The molecule has 4 atom stereocenters. The Kier molecular flexibility index (Phi) is 8.35. The zero-order valence-corrected chi connectivity index (χ0v) is 22.9. The van der Waals surface area contributed by atoms with Gasteiger partial charge in [-0.3, -0.25) is 9.32 Å². The van der Waals surface area contributed by atoms with Crippen molar-refractivity contribution < 1.29 is 27.9 Å². The minimum Gasteiger partial charge on any atom is -0.479 e. The predicted octanol–water partition coefficient (Wildman–Crippen LogP) is 3.98. The number of nitrogens with two attached hydrogens (primary N) is 1. The lowest BCUT2D eigenvalue weighted by molar-refractivity contribution is -0.149. The number of carbonyl (C=O) groups is 1. The van der Waals surface area contributed by atoms with Gasteiger partial charge in [0.1, 0.15) is 11.8 Å². The number of nitrogens with one attached hydrogen (secondary N) is 1. The molecule has 12 nitrogen and oxygen atoms in total. The van der Waals surface area contributed by atoms with E-state index in [1.165, 1.54) is 7.11 Å². The third kappa shape index (κ3) is 6.32. The number of carbonyl (C=O) groups excluding carboxylic acids is 1. The van der Waals surface area contributed by atoms with E-state index in [1.807, 2.05) is 35.8 Å². The minimum atomic E-state index is -3.97. The van der Waals surface area contributed by atoms with Crippen molar-refractivity contribution in [3.05, 3.63) is 48.3 Å².